The molecule has 100 valence electrons. The molecule has 2 N–H and O–H groups in total. The molecule has 0 aliphatic heterocycles. The Kier molecular flexibility index (Phi) is 5.24. The van der Waals surface area contributed by atoms with Gasteiger partial charge in [-0.2, -0.15) is 0 Å². The molecule has 0 aliphatic rings. The molecule has 0 saturated heterocycles. The van der Waals surface area contributed by atoms with Crippen molar-refractivity contribution in [2.75, 3.05) is 18.9 Å². The van der Waals surface area contributed by atoms with Crippen LogP contribution in [0.3, 0.4) is 0 Å². The van der Waals surface area contributed by atoms with Crippen molar-refractivity contribution >= 4 is 21.6 Å². The van der Waals surface area contributed by atoms with E-state index in [9.17, 15) is 0 Å². The number of rotatable bonds is 6. The fourth-order valence-corrected chi connectivity index (χ4v) is 2.01. The van der Waals surface area contributed by atoms with E-state index in [1.54, 1.807) is 0 Å². The first-order chi connectivity index (χ1) is 9.27. The lowest BCUT2D eigenvalue weighted by molar-refractivity contribution is 0.0886. The van der Waals surface area contributed by atoms with E-state index in [-0.39, 0.29) is 0 Å². The van der Waals surface area contributed by atoms with Crippen LogP contribution in [0.1, 0.15) is 5.56 Å². The van der Waals surface area contributed by atoms with Crippen molar-refractivity contribution in [3.63, 3.8) is 0 Å². The number of para-hydroxylation sites is 1. The standard InChI is InChI=1S/C15H16BrNO2/c16-15-12(5-4-8-14(15)17)11-18-9-10-19-13-6-2-1-3-7-13/h1-8H,9-11,17H2. The molecule has 19 heavy (non-hydrogen) atoms. The maximum Gasteiger partial charge on any atom is 0.119 e. The first-order valence-corrected chi connectivity index (χ1v) is 6.85. The molecule has 0 aromatic heterocycles. The van der Waals surface area contributed by atoms with E-state index < -0.39 is 0 Å². The van der Waals surface area contributed by atoms with E-state index in [0.29, 0.717) is 19.8 Å². The lowest BCUT2D eigenvalue weighted by atomic mass is 10.2. The Morgan fingerprint density at radius 3 is 2.53 bits per heavy atom. The van der Waals surface area contributed by atoms with Gasteiger partial charge in [0.05, 0.1) is 13.2 Å². The normalized spacial score (nSPS) is 10.4. The van der Waals surface area contributed by atoms with Crippen LogP contribution in [-0.2, 0) is 11.3 Å². The van der Waals surface area contributed by atoms with Crippen LogP contribution < -0.4 is 10.5 Å². The van der Waals surface area contributed by atoms with Crippen LogP contribution in [0, 0.1) is 0 Å². The second kappa shape index (κ2) is 7.16. The van der Waals surface area contributed by atoms with Gasteiger partial charge in [-0.25, -0.2) is 0 Å². The second-order valence-electron chi connectivity index (χ2n) is 4.03. The third-order valence-electron chi connectivity index (χ3n) is 2.61. The number of hydrogen-bond donors (Lipinski definition) is 1. The Hall–Kier alpha value is -1.52. The summed E-state index contributed by atoms with van der Waals surface area (Å²) in [5.41, 5.74) is 7.57. The van der Waals surface area contributed by atoms with Crippen LogP contribution in [0.5, 0.6) is 5.75 Å². The van der Waals surface area contributed by atoms with E-state index in [1.165, 1.54) is 0 Å². The molecule has 0 radical (unpaired) electrons. The van der Waals surface area contributed by atoms with E-state index in [1.807, 2.05) is 48.5 Å². The van der Waals surface area contributed by atoms with Crippen LogP contribution in [0.25, 0.3) is 0 Å². The Balaban J connectivity index is 1.71. The number of halogens is 1. The van der Waals surface area contributed by atoms with Gasteiger partial charge in [0, 0.05) is 10.2 Å². The first kappa shape index (κ1) is 13.9. The summed E-state index contributed by atoms with van der Waals surface area (Å²) in [5, 5.41) is 0. The molecule has 2 rings (SSSR count). The Labute approximate surface area is 121 Å². The summed E-state index contributed by atoms with van der Waals surface area (Å²) in [6.07, 6.45) is 0. The molecule has 0 spiro atoms. The van der Waals surface area contributed by atoms with Gasteiger partial charge in [0.2, 0.25) is 0 Å². The second-order valence-corrected chi connectivity index (χ2v) is 4.83. The van der Waals surface area contributed by atoms with Crippen LogP contribution in [-0.4, -0.2) is 13.2 Å². The average molecular weight is 322 g/mol. The SMILES string of the molecule is Nc1cccc(COCCOc2ccccc2)c1Br. The fraction of sp³-hybridized carbons (Fsp3) is 0.200. The highest BCUT2D eigenvalue weighted by Gasteiger charge is 2.02. The summed E-state index contributed by atoms with van der Waals surface area (Å²) >= 11 is 3.45. The van der Waals surface area contributed by atoms with E-state index in [2.05, 4.69) is 15.9 Å². The number of benzene rings is 2. The third kappa shape index (κ3) is 4.26. The van der Waals surface area contributed by atoms with E-state index in [0.717, 1.165) is 21.5 Å². The molecule has 3 nitrogen and oxygen atoms in total. The largest absolute Gasteiger partial charge is 0.491 e. The zero-order valence-electron chi connectivity index (χ0n) is 10.5. The molecule has 2 aromatic rings. The van der Waals surface area contributed by atoms with Crippen LogP contribution in [0.4, 0.5) is 5.69 Å². The average Bonchev–Trinajstić information content (AvgIpc) is 2.44. The highest BCUT2D eigenvalue weighted by atomic mass is 79.9. The van der Waals surface area contributed by atoms with Crippen molar-refractivity contribution in [3.05, 3.63) is 58.6 Å². The van der Waals surface area contributed by atoms with Crippen molar-refractivity contribution in [1.29, 1.82) is 0 Å². The van der Waals surface area contributed by atoms with Crippen molar-refractivity contribution < 1.29 is 9.47 Å². The molecule has 0 unspecified atom stereocenters. The highest BCUT2D eigenvalue weighted by Crippen LogP contribution is 2.24. The molecule has 0 fully saturated rings. The molecular formula is C15H16BrNO2. The molecular weight excluding hydrogens is 306 g/mol. The summed E-state index contributed by atoms with van der Waals surface area (Å²) < 4.78 is 12.0. The predicted octanol–water partition coefficient (Wildman–Crippen LogP) is 3.63. The van der Waals surface area contributed by atoms with Crippen molar-refractivity contribution in [3.8, 4) is 5.75 Å². The Bertz CT molecular complexity index is 517. The first-order valence-electron chi connectivity index (χ1n) is 6.06. The minimum Gasteiger partial charge on any atom is -0.491 e. The lowest BCUT2D eigenvalue weighted by Gasteiger charge is -2.09. The van der Waals surface area contributed by atoms with Gasteiger partial charge >= 0.3 is 0 Å². The van der Waals surface area contributed by atoms with Gasteiger partial charge in [-0.3, -0.25) is 0 Å². The zero-order chi connectivity index (χ0) is 13.5. The van der Waals surface area contributed by atoms with Gasteiger partial charge in [-0.15, -0.1) is 0 Å². The monoisotopic (exact) mass is 321 g/mol. The molecule has 4 heteroatoms. The topological polar surface area (TPSA) is 44.5 Å². The summed E-state index contributed by atoms with van der Waals surface area (Å²) in [6.45, 7) is 1.59. The van der Waals surface area contributed by atoms with Crippen LogP contribution >= 0.6 is 15.9 Å². The smallest absolute Gasteiger partial charge is 0.119 e. The molecule has 2 aromatic carbocycles. The Morgan fingerprint density at radius 2 is 1.74 bits per heavy atom. The number of nitrogens with two attached hydrogens (primary N) is 1. The highest BCUT2D eigenvalue weighted by molar-refractivity contribution is 9.10. The van der Waals surface area contributed by atoms with Crippen molar-refractivity contribution in [2.24, 2.45) is 0 Å². The van der Waals surface area contributed by atoms with Crippen LogP contribution in [0.15, 0.2) is 53.0 Å². The molecule has 0 atom stereocenters. The van der Waals surface area contributed by atoms with Gasteiger partial charge in [0.15, 0.2) is 0 Å². The van der Waals surface area contributed by atoms with Gasteiger partial charge in [0.1, 0.15) is 12.4 Å². The third-order valence-corrected chi connectivity index (χ3v) is 3.57. The lowest BCUT2D eigenvalue weighted by Crippen LogP contribution is -2.07. The van der Waals surface area contributed by atoms with E-state index >= 15 is 0 Å². The molecule has 0 aliphatic carbocycles. The number of nitrogen functional groups attached to an aromatic ring is 1. The summed E-state index contributed by atoms with van der Waals surface area (Å²) in [5.74, 6) is 0.858. The minimum atomic E-state index is 0.518. The van der Waals surface area contributed by atoms with Crippen molar-refractivity contribution in [1.82, 2.24) is 0 Å². The van der Waals surface area contributed by atoms with Gasteiger partial charge < -0.3 is 15.2 Å². The van der Waals surface area contributed by atoms with Gasteiger partial charge in [0.25, 0.3) is 0 Å². The summed E-state index contributed by atoms with van der Waals surface area (Å²) in [7, 11) is 0. The summed E-state index contributed by atoms with van der Waals surface area (Å²) in [6, 6.07) is 15.5. The molecule has 0 saturated carbocycles. The maximum atomic E-state index is 5.80. The maximum absolute atomic E-state index is 5.80. The zero-order valence-corrected chi connectivity index (χ0v) is 12.1. The van der Waals surface area contributed by atoms with Crippen LogP contribution in [0.2, 0.25) is 0 Å². The van der Waals surface area contributed by atoms with E-state index in [4.69, 9.17) is 15.2 Å². The number of ether oxygens (including phenoxy) is 2. The van der Waals surface area contributed by atoms with Gasteiger partial charge in [-0.1, -0.05) is 30.3 Å². The predicted molar refractivity (Wildman–Crippen MR) is 80.1 cm³/mol. The molecule has 0 heterocycles. The fourth-order valence-electron chi connectivity index (χ4n) is 1.63. The molecule has 0 amide bonds. The summed E-state index contributed by atoms with van der Waals surface area (Å²) in [4.78, 5) is 0. The van der Waals surface area contributed by atoms with Gasteiger partial charge in [-0.05, 0) is 39.7 Å². The Morgan fingerprint density at radius 1 is 0.947 bits per heavy atom. The van der Waals surface area contributed by atoms with Crippen molar-refractivity contribution in [2.45, 2.75) is 6.61 Å². The minimum absolute atomic E-state index is 0.518. The number of anilines is 1. The quantitative estimate of drug-likeness (QED) is 0.652. The number of hydrogen-bond acceptors (Lipinski definition) is 3. The molecule has 0 bridgehead atoms.